The Morgan fingerprint density at radius 2 is 1.82 bits per heavy atom. The van der Waals surface area contributed by atoms with Gasteiger partial charge in [-0.25, -0.2) is 0 Å². The van der Waals surface area contributed by atoms with Crippen molar-refractivity contribution in [2.75, 3.05) is 6.54 Å². The van der Waals surface area contributed by atoms with E-state index in [1.54, 1.807) is 0 Å². The normalized spacial score (nSPS) is 12.5. The number of aryl methyl sites for hydroxylation is 1. The highest BCUT2D eigenvalue weighted by atomic mass is 15.3. The molecule has 0 bridgehead atoms. The van der Waals surface area contributed by atoms with Crippen molar-refractivity contribution >= 4 is 0 Å². The van der Waals surface area contributed by atoms with Gasteiger partial charge in [0.1, 0.15) is 0 Å². The van der Waals surface area contributed by atoms with Crippen LogP contribution < -0.4 is 5.32 Å². The molecule has 0 aliphatic carbocycles. The molecule has 3 nitrogen and oxygen atoms in total. The van der Waals surface area contributed by atoms with Crippen LogP contribution in [0.3, 0.4) is 0 Å². The van der Waals surface area contributed by atoms with Crippen LogP contribution in [-0.4, -0.2) is 22.4 Å². The first-order valence-electron chi connectivity index (χ1n) is 6.52. The largest absolute Gasteiger partial charge is 0.314 e. The van der Waals surface area contributed by atoms with E-state index in [0.29, 0.717) is 6.04 Å². The predicted molar refractivity (Wildman–Crippen MR) is 73.5 cm³/mol. The number of nitrogens with zero attached hydrogens (tertiary/aromatic N) is 2. The summed E-state index contributed by atoms with van der Waals surface area (Å²) in [6, 6.07) is 0.549. The van der Waals surface area contributed by atoms with E-state index >= 15 is 0 Å². The maximum Gasteiger partial charge on any atom is 0.0629 e. The highest BCUT2D eigenvalue weighted by Crippen LogP contribution is 2.21. The quantitative estimate of drug-likeness (QED) is 0.872. The van der Waals surface area contributed by atoms with Crippen molar-refractivity contribution < 1.29 is 0 Å². The predicted octanol–water partition coefficient (Wildman–Crippen LogP) is 2.80. The summed E-state index contributed by atoms with van der Waals surface area (Å²) in [5.74, 6) is 0. The standard InChI is InChI=1S/C14H27N3/c1-10(2)15-9-8-13-11(3)16-17(12(13)4)14(5,6)7/h10,15H,8-9H2,1-7H3. The number of hydrogen-bond donors (Lipinski definition) is 1. The Kier molecular flexibility index (Phi) is 4.36. The molecule has 1 rings (SSSR count). The molecule has 0 spiro atoms. The van der Waals surface area contributed by atoms with E-state index in [0.717, 1.165) is 13.0 Å². The van der Waals surface area contributed by atoms with E-state index in [1.165, 1.54) is 17.0 Å². The average Bonchev–Trinajstić information content (AvgIpc) is 2.43. The van der Waals surface area contributed by atoms with Crippen LogP contribution >= 0.6 is 0 Å². The zero-order valence-electron chi connectivity index (χ0n) is 12.4. The Morgan fingerprint density at radius 1 is 1.24 bits per heavy atom. The summed E-state index contributed by atoms with van der Waals surface area (Å²) in [6.07, 6.45) is 1.06. The first kappa shape index (κ1) is 14.2. The van der Waals surface area contributed by atoms with Gasteiger partial charge in [-0.3, -0.25) is 4.68 Å². The van der Waals surface area contributed by atoms with Crippen molar-refractivity contribution in [2.24, 2.45) is 0 Å². The Balaban J connectivity index is 2.83. The second kappa shape index (κ2) is 5.21. The van der Waals surface area contributed by atoms with Gasteiger partial charge in [-0.05, 0) is 53.1 Å². The zero-order chi connectivity index (χ0) is 13.2. The van der Waals surface area contributed by atoms with Gasteiger partial charge in [0, 0.05) is 11.7 Å². The molecule has 0 aliphatic heterocycles. The van der Waals surface area contributed by atoms with Gasteiger partial charge in [0.2, 0.25) is 0 Å². The third kappa shape index (κ3) is 3.56. The molecule has 0 aromatic carbocycles. The molecule has 3 heteroatoms. The minimum Gasteiger partial charge on any atom is -0.314 e. The minimum atomic E-state index is 0.0680. The van der Waals surface area contributed by atoms with Crippen molar-refractivity contribution in [1.29, 1.82) is 0 Å². The molecule has 0 aliphatic rings. The minimum absolute atomic E-state index is 0.0680. The second-order valence-corrected chi connectivity index (χ2v) is 6.09. The lowest BCUT2D eigenvalue weighted by Crippen LogP contribution is -2.26. The maximum absolute atomic E-state index is 4.67. The Bertz CT molecular complexity index is 370. The van der Waals surface area contributed by atoms with Gasteiger partial charge in [-0.1, -0.05) is 13.8 Å². The average molecular weight is 237 g/mol. The fourth-order valence-corrected chi connectivity index (χ4v) is 2.18. The van der Waals surface area contributed by atoms with Crippen molar-refractivity contribution in [3.05, 3.63) is 17.0 Å². The number of hydrogen-bond acceptors (Lipinski definition) is 2. The van der Waals surface area contributed by atoms with Crippen molar-refractivity contribution in [2.45, 2.75) is 66.5 Å². The monoisotopic (exact) mass is 237 g/mol. The molecule has 1 aromatic heterocycles. The summed E-state index contributed by atoms with van der Waals surface area (Å²) in [6.45, 7) is 16.3. The first-order valence-corrected chi connectivity index (χ1v) is 6.52. The second-order valence-electron chi connectivity index (χ2n) is 6.09. The molecule has 0 saturated heterocycles. The van der Waals surface area contributed by atoms with Crippen LogP contribution in [-0.2, 0) is 12.0 Å². The number of aromatic nitrogens is 2. The van der Waals surface area contributed by atoms with Crippen LogP contribution in [0.15, 0.2) is 0 Å². The van der Waals surface area contributed by atoms with E-state index in [2.05, 4.69) is 63.6 Å². The highest BCUT2D eigenvalue weighted by Gasteiger charge is 2.20. The van der Waals surface area contributed by atoms with Crippen LogP contribution in [0.25, 0.3) is 0 Å². The molecule has 1 aromatic rings. The molecule has 0 radical (unpaired) electrons. The topological polar surface area (TPSA) is 29.9 Å². The Labute approximate surface area is 106 Å². The van der Waals surface area contributed by atoms with Crippen LogP contribution in [0.2, 0.25) is 0 Å². The van der Waals surface area contributed by atoms with Gasteiger partial charge in [0.15, 0.2) is 0 Å². The molecular weight excluding hydrogens is 210 g/mol. The van der Waals surface area contributed by atoms with E-state index in [9.17, 15) is 0 Å². The summed E-state index contributed by atoms with van der Waals surface area (Å²) in [5.41, 5.74) is 3.94. The van der Waals surface area contributed by atoms with E-state index in [1.807, 2.05) is 0 Å². The van der Waals surface area contributed by atoms with Crippen molar-refractivity contribution in [3.63, 3.8) is 0 Å². The Hall–Kier alpha value is -0.830. The SMILES string of the molecule is Cc1nn(C(C)(C)C)c(C)c1CCNC(C)C. The van der Waals surface area contributed by atoms with Gasteiger partial charge in [-0.15, -0.1) is 0 Å². The number of rotatable bonds is 4. The van der Waals surface area contributed by atoms with E-state index in [4.69, 9.17) is 0 Å². The van der Waals surface area contributed by atoms with Gasteiger partial charge in [0.05, 0.1) is 11.2 Å². The lowest BCUT2D eigenvalue weighted by atomic mass is 10.1. The lowest BCUT2D eigenvalue weighted by Gasteiger charge is -2.21. The zero-order valence-corrected chi connectivity index (χ0v) is 12.4. The smallest absolute Gasteiger partial charge is 0.0629 e. The summed E-state index contributed by atoms with van der Waals surface area (Å²) < 4.78 is 2.15. The summed E-state index contributed by atoms with van der Waals surface area (Å²) in [5, 5.41) is 8.13. The van der Waals surface area contributed by atoms with Crippen LogP contribution in [0.4, 0.5) is 0 Å². The molecule has 0 amide bonds. The summed E-state index contributed by atoms with van der Waals surface area (Å²) in [4.78, 5) is 0. The maximum atomic E-state index is 4.67. The Morgan fingerprint density at radius 3 is 2.24 bits per heavy atom. The van der Waals surface area contributed by atoms with Crippen molar-refractivity contribution in [1.82, 2.24) is 15.1 Å². The molecule has 1 heterocycles. The summed E-state index contributed by atoms with van der Waals surface area (Å²) in [7, 11) is 0. The molecule has 0 atom stereocenters. The molecule has 98 valence electrons. The van der Waals surface area contributed by atoms with Gasteiger partial charge >= 0.3 is 0 Å². The fourth-order valence-electron chi connectivity index (χ4n) is 2.18. The van der Waals surface area contributed by atoms with Crippen LogP contribution in [0.5, 0.6) is 0 Å². The molecular formula is C14H27N3. The third-order valence-electron chi connectivity index (χ3n) is 3.00. The molecule has 0 fully saturated rings. The fraction of sp³-hybridized carbons (Fsp3) is 0.786. The lowest BCUT2D eigenvalue weighted by molar-refractivity contribution is 0.346. The molecule has 0 unspecified atom stereocenters. The van der Waals surface area contributed by atoms with Gasteiger partial charge < -0.3 is 5.32 Å². The summed E-state index contributed by atoms with van der Waals surface area (Å²) >= 11 is 0. The highest BCUT2D eigenvalue weighted by molar-refractivity contribution is 5.25. The number of nitrogens with one attached hydrogen (secondary N) is 1. The van der Waals surface area contributed by atoms with Gasteiger partial charge in [-0.2, -0.15) is 5.10 Å². The molecule has 1 N–H and O–H groups in total. The molecule has 0 saturated carbocycles. The van der Waals surface area contributed by atoms with Gasteiger partial charge in [0.25, 0.3) is 0 Å². The van der Waals surface area contributed by atoms with Crippen LogP contribution in [0.1, 0.15) is 51.6 Å². The molecule has 17 heavy (non-hydrogen) atoms. The van der Waals surface area contributed by atoms with E-state index < -0.39 is 0 Å². The van der Waals surface area contributed by atoms with Crippen LogP contribution in [0, 0.1) is 13.8 Å². The first-order chi connectivity index (χ1) is 7.73. The van der Waals surface area contributed by atoms with E-state index in [-0.39, 0.29) is 5.54 Å². The van der Waals surface area contributed by atoms with Crippen molar-refractivity contribution in [3.8, 4) is 0 Å². The third-order valence-corrected chi connectivity index (χ3v) is 3.00.